The molecular weight excluding hydrogens is 422 g/mol. The first-order valence-corrected chi connectivity index (χ1v) is 8.26. The molecule has 0 bridgehead atoms. The fraction of sp³-hybridized carbons (Fsp3) is 0.588. The van der Waals surface area contributed by atoms with Crippen LogP contribution in [-0.4, -0.2) is 57.3 Å². The molecule has 1 heterocycles. The summed E-state index contributed by atoms with van der Waals surface area (Å²) in [7, 11) is 1.77. The van der Waals surface area contributed by atoms with Gasteiger partial charge < -0.3 is 15.4 Å². The number of nitrogens with one attached hydrogen (secondary N) is 2. The summed E-state index contributed by atoms with van der Waals surface area (Å²) < 4.78 is 18.7. The maximum atomic E-state index is 13.2. The van der Waals surface area contributed by atoms with E-state index in [0.29, 0.717) is 0 Å². The number of hydrogen-bond acceptors (Lipinski definition) is 3. The molecule has 1 fully saturated rings. The average Bonchev–Trinajstić information content (AvgIpc) is 2.60. The largest absolute Gasteiger partial charge is 0.379 e. The Balaban J connectivity index is 0.00000288. The van der Waals surface area contributed by atoms with E-state index in [1.165, 1.54) is 12.1 Å². The van der Waals surface area contributed by atoms with Gasteiger partial charge in [0.2, 0.25) is 0 Å². The highest BCUT2D eigenvalue weighted by atomic mass is 127. The second-order valence-corrected chi connectivity index (χ2v) is 5.60. The van der Waals surface area contributed by atoms with Gasteiger partial charge in [-0.25, -0.2) is 4.39 Å². The van der Waals surface area contributed by atoms with E-state index in [4.69, 9.17) is 4.74 Å². The first kappa shape index (κ1) is 21.1. The Morgan fingerprint density at radius 1 is 1.25 bits per heavy atom. The molecule has 24 heavy (non-hydrogen) atoms. The van der Waals surface area contributed by atoms with E-state index in [9.17, 15) is 4.39 Å². The molecule has 5 nitrogen and oxygen atoms in total. The van der Waals surface area contributed by atoms with Gasteiger partial charge in [-0.2, -0.15) is 0 Å². The maximum absolute atomic E-state index is 13.2. The van der Waals surface area contributed by atoms with Gasteiger partial charge in [-0.05, 0) is 24.1 Å². The molecule has 1 saturated heterocycles. The molecule has 1 aromatic rings. The molecule has 0 aromatic heterocycles. The number of halogens is 2. The fourth-order valence-electron chi connectivity index (χ4n) is 2.69. The molecule has 7 heteroatoms. The normalized spacial score (nSPS) is 17.0. The minimum Gasteiger partial charge on any atom is -0.379 e. The maximum Gasteiger partial charge on any atom is 0.191 e. The minimum absolute atomic E-state index is 0. The Kier molecular flexibility index (Phi) is 10.2. The van der Waals surface area contributed by atoms with Crippen molar-refractivity contribution in [3.8, 4) is 0 Å². The smallest absolute Gasteiger partial charge is 0.191 e. The van der Waals surface area contributed by atoms with Gasteiger partial charge in [0.15, 0.2) is 5.96 Å². The fourth-order valence-corrected chi connectivity index (χ4v) is 2.69. The summed E-state index contributed by atoms with van der Waals surface area (Å²) in [5.41, 5.74) is 1.10. The Bertz CT molecular complexity index is 492. The monoisotopic (exact) mass is 450 g/mol. The number of benzene rings is 1. The first-order valence-electron chi connectivity index (χ1n) is 8.26. The zero-order chi connectivity index (χ0) is 16.5. The first-order chi connectivity index (χ1) is 11.2. The van der Waals surface area contributed by atoms with Crippen LogP contribution in [0.3, 0.4) is 0 Å². The average molecular weight is 450 g/mol. The van der Waals surface area contributed by atoms with E-state index in [-0.39, 0.29) is 35.8 Å². The van der Waals surface area contributed by atoms with Crippen LogP contribution in [0, 0.1) is 5.82 Å². The lowest BCUT2D eigenvalue weighted by Gasteiger charge is -2.35. The van der Waals surface area contributed by atoms with Gasteiger partial charge >= 0.3 is 0 Å². The van der Waals surface area contributed by atoms with Gasteiger partial charge in [0.05, 0.1) is 19.3 Å². The molecule has 0 aliphatic carbocycles. The lowest BCUT2D eigenvalue weighted by atomic mass is 10.0. The molecule has 2 rings (SSSR count). The zero-order valence-corrected chi connectivity index (χ0v) is 16.8. The highest BCUT2D eigenvalue weighted by Crippen LogP contribution is 2.21. The predicted octanol–water partition coefficient (Wildman–Crippen LogP) is 2.39. The molecule has 0 saturated carbocycles. The van der Waals surface area contributed by atoms with Crippen molar-refractivity contribution in [3.05, 3.63) is 35.6 Å². The molecule has 2 N–H and O–H groups in total. The quantitative estimate of drug-likeness (QED) is 0.397. The molecule has 0 amide bonds. The molecule has 1 unspecified atom stereocenters. The summed E-state index contributed by atoms with van der Waals surface area (Å²) >= 11 is 0. The van der Waals surface area contributed by atoms with E-state index in [1.807, 2.05) is 12.1 Å². The van der Waals surface area contributed by atoms with E-state index >= 15 is 0 Å². The van der Waals surface area contributed by atoms with Gasteiger partial charge in [0.1, 0.15) is 5.82 Å². The summed E-state index contributed by atoms with van der Waals surface area (Å²) in [5, 5.41) is 6.65. The van der Waals surface area contributed by atoms with Crippen molar-refractivity contribution in [1.82, 2.24) is 15.5 Å². The van der Waals surface area contributed by atoms with Crippen LogP contribution >= 0.6 is 24.0 Å². The second kappa shape index (κ2) is 11.6. The van der Waals surface area contributed by atoms with Crippen LogP contribution in [0.4, 0.5) is 4.39 Å². The Labute approximate surface area is 161 Å². The molecule has 0 spiro atoms. The van der Waals surface area contributed by atoms with Crippen molar-refractivity contribution in [1.29, 1.82) is 0 Å². The van der Waals surface area contributed by atoms with Gasteiger partial charge in [0.25, 0.3) is 0 Å². The van der Waals surface area contributed by atoms with Crippen molar-refractivity contribution in [3.63, 3.8) is 0 Å². The van der Waals surface area contributed by atoms with Crippen LogP contribution in [0.1, 0.15) is 24.9 Å². The van der Waals surface area contributed by atoms with E-state index in [1.54, 1.807) is 7.05 Å². The number of ether oxygens (including phenoxy) is 1. The number of rotatable bonds is 6. The van der Waals surface area contributed by atoms with Crippen molar-refractivity contribution in [2.45, 2.75) is 19.4 Å². The number of guanidine groups is 1. The molecule has 1 atom stereocenters. The number of hydrogen-bond donors (Lipinski definition) is 2. The standard InChI is InChI=1S/C17H27FN4O.HI/c1-3-8-20-17(19-2)21-13-16(22-9-11-23-12-10-22)14-4-6-15(18)7-5-14;/h4-7,16H,3,8-13H2,1-2H3,(H2,19,20,21);1H. The van der Waals surface area contributed by atoms with Crippen molar-refractivity contribution in [2.24, 2.45) is 4.99 Å². The lowest BCUT2D eigenvalue weighted by molar-refractivity contribution is 0.0170. The van der Waals surface area contributed by atoms with Crippen LogP contribution < -0.4 is 10.6 Å². The minimum atomic E-state index is -0.206. The van der Waals surface area contributed by atoms with Crippen LogP contribution in [0.25, 0.3) is 0 Å². The Morgan fingerprint density at radius 3 is 2.50 bits per heavy atom. The zero-order valence-electron chi connectivity index (χ0n) is 14.4. The SMILES string of the molecule is CCCNC(=NC)NCC(c1ccc(F)cc1)N1CCOCC1.I. The van der Waals surface area contributed by atoms with Crippen LogP contribution in [0.2, 0.25) is 0 Å². The van der Waals surface area contributed by atoms with E-state index in [0.717, 1.165) is 57.3 Å². The molecule has 1 aliphatic rings. The third-order valence-corrected chi connectivity index (χ3v) is 3.97. The third-order valence-electron chi connectivity index (χ3n) is 3.97. The summed E-state index contributed by atoms with van der Waals surface area (Å²) in [5.74, 6) is 0.593. The van der Waals surface area contributed by atoms with Crippen LogP contribution in [-0.2, 0) is 4.74 Å². The number of aliphatic imine (C=N–C) groups is 1. The van der Waals surface area contributed by atoms with Crippen molar-refractivity contribution in [2.75, 3.05) is 46.4 Å². The molecular formula is C17H28FIN4O. The molecule has 136 valence electrons. The summed E-state index contributed by atoms with van der Waals surface area (Å²) in [6.45, 7) is 6.96. The van der Waals surface area contributed by atoms with Crippen molar-refractivity contribution < 1.29 is 9.13 Å². The highest BCUT2D eigenvalue weighted by Gasteiger charge is 2.22. The van der Waals surface area contributed by atoms with Crippen LogP contribution in [0.5, 0.6) is 0 Å². The summed E-state index contributed by atoms with van der Waals surface area (Å²) in [6.07, 6.45) is 1.05. The van der Waals surface area contributed by atoms with E-state index < -0.39 is 0 Å². The van der Waals surface area contributed by atoms with Crippen LogP contribution in [0.15, 0.2) is 29.3 Å². The number of morpholine rings is 1. The van der Waals surface area contributed by atoms with Crippen molar-refractivity contribution >= 4 is 29.9 Å². The molecule has 1 aliphatic heterocycles. The Hall–Kier alpha value is -0.930. The third kappa shape index (κ3) is 6.52. The Morgan fingerprint density at radius 2 is 1.92 bits per heavy atom. The van der Waals surface area contributed by atoms with Gasteiger partial charge in [-0.15, -0.1) is 24.0 Å². The molecule has 0 radical (unpaired) electrons. The predicted molar refractivity (Wildman–Crippen MR) is 107 cm³/mol. The van der Waals surface area contributed by atoms with E-state index in [2.05, 4.69) is 27.4 Å². The van der Waals surface area contributed by atoms with Gasteiger partial charge in [-0.1, -0.05) is 19.1 Å². The van der Waals surface area contributed by atoms with Gasteiger partial charge in [0, 0.05) is 33.2 Å². The second-order valence-electron chi connectivity index (χ2n) is 5.60. The summed E-state index contributed by atoms with van der Waals surface area (Å²) in [6, 6.07) is 6.93. The molecule has 1 aromatic carbocycles. The highest BCUT2D eigenvalue weighted by molar-refractivity contribution is 14.0. The summed E-state index contributed by atoms with van der Waals surface area (Å²) in [4.78, 5) is 6.61. The number of nitrogens with zero attached hydrogens (tertiary/aromatic N) is 2. The topological polar surface area (TPSA) is 48.9 Å². The lowest BCUT2D eigenvalue weighted by Crippen LogP contribution is -2.46. The van der Waals surface area contributed by atoms with Gasteiger partial charge in [-0.3, -0.25) is 9.89 Å².